The first kappa shape index (κ1) is 20.6. The van der Waals surface area contributed by atoms with E-state index in [1.165, 1.54) is 4.90 Å². The van der Waals surface area contributed by atoms with Crippen molar-refractivity contribution < 1.29 is 14.4 Å². The van der Waals surface area contributed by atoms with Crippen molar-refractivity contribution in [3.05, 3.63) is 70.8 Å². The first-order valence-corrected chi connectivity index (χ1v) is 10.2. The standard InChI is InChI=1S/C23H23N3O3.ClH/c27-21(25-13-17-11-24-12-18(17)14-25)16-6-7-19-20(10-16)23(29)26(22(19)28)9-8-15-4-2-1-3-5-15;/h1-7,10,17-18,24H,8-9,11-14H2;1H/t17-,18+;. The van der Waals surface area contributed by atoms with E-state index in [0.717, 1.165) is 31.7 Å². The van der Waals surface area contributed by atoms with Crippen LogP contribution >= 0.6 is 12.4 Å². The number of amides is 3. The lowest BCUT2D eigenvalue weighted by Gasteiger charge is -2.17. The zero-order chi connectivity index (χ0) is 20.0. The van der Waals surface area contributed by atoms with Crippen LogP contribution in [0.25, 0.3) is 0 Å². The largest absolute Gasteiger partial charge is 0.338 e. The summed E-state index contributed by atoms with van der Waals surface area (Å²) in [5.41, 5.74) is 2.30. The number of hydrogen-bond acceptors (Lipinski definition) is 4. The Kier molecular flexibility index (Phi) is 5.62. The van der Waals surface area contributed by atoms with E-state index < -0.39 is 0 Å². The molecule has 6 nitrogen and oxygen atoms in total. The molecule has 7 heteroatoms. The number of fused-ring (bicyclic) bond motifs is 2. The molecule has 0 unspecified atom stereocenters. The van der Waals surface area contributed by atoms with Crippen LogP contribution in [-0.4, -0.2) is 60.2 Å². The topological polar surface area (TPSA) is 69.7 Å². The molecule has 2 fully saturated rings. The number of likely N-dealkylation sites (tertiary alicyclic amines) is 1. The minimum Gasteiger partial charge on any atom is -0.338 e. The molecule has 0 bridgehead atoms. The first-order valence-electron chi connectivity index (χ1n) is 10.2. The van der Waals surface area contributed by atoms with E-state index in [0.29, 0.717) is 41.5 Å². The summed E-state index contributed by atoms with van der Waals surface area (Å²) in [7, 11) is 0. The van der Waals surface area contributed by atoms with Gasteiger partial charge in [-0.3, -0.25) is 19.3 Å². The number of halogens is 1. The monoisotopic (exact) mass is 425 g/mol. The number of nitrogens with one attached hydrogen (secondary N) is 1. The Morgan fingerprint density at radius 2 is 1.60 bits per heavy atom. The second-order valence-electron chi connectivity index (χ2n) is 8.15. The number of rotatable bonds is 4. The van der Waals surface area contributed by atoms with Gasteiger partial charge in [0.2, 0.25) is 0 Å². The summed E-state index contributed by atoms with van der Waals surface area (Å²) in [6.07, 6.45) is 0.614. The molecule has 2 aromatic carbocycles. The normalized spacial score (nSPS) is 22.1. The van der Waals surface area contributed by atoms with Crippen molar-refractivity contribution >= 4 is 30.1 Å². The maximum absolute atomic E-state index is 13.0. The molecule has 3 aliphatic rings. The van der Waals surface area contributed by atoms with Crippen molar-refractivity contribution in [1.82, 2.24) is 15.1 Å². The molecule has 0 aromatic heterocycles. The van der Waals surface area contributed by atoms with Gasteiger partial charge < -0.3 is 10.2 Å². The van der Waals surface area contributed by atoms with Gasteiger partial charge in [0.05, 0.1) is 11.1 Å². The Morgan fingerprint density at radius 3 is 2.30 bits per heavy atom. The van der Waals surface area contributed by atoms with Crippen molar-refractivity contribution in [1.29, 1.82) is 0 Å². The van der Waals surface area contributed by atoms with Gasteiger partial charge in [0.15, 0.2) is 0 Å². The van der Waals surface area contributed by atoms with E-state index in [-0.39, 0.29) is 30.1 Å². The third kappa shape index (κ3) is 3.50. The van der Waals surface area contributed by atoms with Gasteiger partial charge in [0.25, 0.3) is 17.7 Å². The molecular formula is C23H24ClN3O3. The SMILES string of the molecule is Cl.O=C(c1ccc2c(c1)C(=O)N(CCc1ccccc1)C2=O)N1C[C@H]2CNC[C@H]2C1. The smallest absolute Gasteiger partial charge is 0.261 e. The van der Waals surface area contributed by atoms with Crippen LogP contribution in [0.1, 0.15) is 36.6 Å². The number of carbonyl (C=O) groups is 3. The maximum Gasteiger partial charge on any atom is 0.261 e. The van der Waals surface area contributed by atoms with E-state index >= 15 is 0 Å². The molecule has 0 spiro atoms. The average molecular weight is 426 g/mol. The molecular weight excluding hydrogens is 402 g/mol. The number of nitrogens with zero attached hydrogens (tertiary/aromatic N) is 2. The van der Waals surface area contributed by atoms with Crippen molar-refractivity contribution in [3.8, 4) is 0 Å². The molecule has 2 aromatic rings. The van der Waals surface area contributed by atoms with Gasteiger partial charge in [-0.05, 0) is 42.0 Å². The Labute approximate surface area is 181 Å². The molecule has 2 saturated heterocycles. The molecule has 5 rings (SSSR count). The predicted octanol–water partition coefficient (Wildman–Crippen LogP) is 2.24. The fourth-order valence-electron chi connectivity index (χ4n) is 4.72. The molecule has 0 saturated carbocycles. The molecule has 0 aliphatic carbocycles. The summed E-state index contributed by atoms with van der Waals surface area (Å²) in [6.45, 7) is 3.76. The molecule has 30 heavy (non-hydrogen) atoms. The van der Waals surface area contributed by atoms with Crippen LogP contribution in [0.5, 0.6) is 0 Å². The minimum absolute atomic E-state index is 0. The van der Waals surface area contributed by atoms with Gasteiger partial charge in [-0.2, -0.15) is 0 Å². The van der Waals surface area contributed by atoms with Gasteiger partial charge in [0, 0.05) is 38.3 Å². The summed E-state index contributed by atoms with van der Waals surface area (Å²) in [5.74, 6) is 0.403. The zero-order valence-electron chi connectivity index (χ0n) is 16.5. The lowest BCUT2D eigenvalue weighted by Crippen LogP contribution is -2.32. The maximum atomic E-state index is 13.0. The second-order valence-corrected chi connectivity index (χ2v) is 8.15. The van der Waals surface area contributed by atoms with Crippen molar-refractivity contribution in [2.75, 3.05) is 32.7 Å². The van der Waals surface area contributed by atoms with E-state index in [9.17, 15) is 14.4 Å². The van der Waals surface area contributed by atoms with Crippen molar-refractivity contribution in [2.24, 2.45) is 11.8 Å². The third-order valence-corrected chi connectivity index (χ3v) is 6.36. The highest BCUT2D eigenvalue weighted by Gasteiger charge is 2.39. The predicted molar refractivity (Wildman–Crippen MR) is 115 cm³/mol. The van der Waals surface area contributed by atoms with E-state index in [2.05, 4.69) is 5.32 Å². The molecule has 3 aliphatic heterocycles. The zero-order valence-corrected chi connectivity index (χ0v) is 17.4. The number of carbonyl (C=O) groups excluding carboxylic acids is 3. The quantitative estimate of drug-likeness (QED) is 0.763. The van der Waals surface area contributed by atoms with E-state index in [1.54, 1.807) is 18.2 Å². The van der Waals surface area contributed by atoms with Gasteiger partial charge in [-0.1, -0.05) is 30.3 Å². The number of imide groups is 1. The fourth-order valence-corrected chi connectivity index (χ4v) is 4.72. The summed E-state index contributed by atoms with van der Waals surface area (Å²) in [5, 5.41) is 3.37. The summed E-state index contributed by atoms with van der Waals surface area (Å²) >= 11 is 0. The van der Waals surface area contributed by atoms with E-state index in [1.807, 2.05) is 35.2 Å². The van der Waals surface area contributed by atoms with Crippen LogP contribution in [-0.2, 0) is 6.42 Å². The van der Waals surface area contributed by atoms with Crippen LogP contribution in [0.15, 0.2) is 48.5 Å². The Morgan fingerprint density at radius 1 is 0.933 bits per heavy atom. The highest BCUT2D eigenvalue weighted by molar-refractivity contribution is 6.22. The Hall–Kier alpha value is -2.70. The number of benzene rings is 2. The molecule has 1 N–H and O–H groups in total. The lowest BCUT2D eigenvalue weighted by molar-refractivity contribution is 0.0655. The summed E-state index contributed by atoms with van der Waals surface area (Å²) in [4.78, 5) is 41.7. The highest BCUT2D eigenvalue weighted by Crippen LogP contribution is 2.29. The Bertz CT molecular complexity index is 982. The third-order valence-electron chi connectivity index (χ3n) is 6.36. The van der Waals surface area contributed by atoms with Gasteiger partial charge in [-0.15, -0.1) is 12.4 Å². The van der Waals surface area contributed by atoms with Crippen molar-refractivity contribution in [2.45, 2.75) is 6.42 Å². The van der Waals surface area contributed by atoms with Gasteiger partial charge in [-0.25, -0.2) is 0 Å². The van der Waals surface area contributed by atoms with Crippen LogP contribution in [0.4, 0.5) is 0 Å². The van der Waals surface area contributed by atoms with Crippen LogP contribution in [0.3, 0.4) is 0 Å². The fraction of sp³-hybridized carbons (Fsp3) is 0.348. The van der Waals surface area contributed by atoms with Crippen LogP contribution in [0, 0.1) is 11.8 Å². The highest BCUT2D eigenvalue weighted by atomic mass is 35.5. The van der Waals surface area contributed by atoms with E-state index in [4.69, 9.17) is 0 Å². The van der Waals surface area contributed by atoms with Crippen molar-refractivity contribution in [3.63, 3.8) is 0 Å². The molecule has 0 radical (unpaired) electrons. The Balaban J connectivity index is 0.00000218. The lowest BCUT2D eigenvalue weighted by atomic mass is 10.0. The molecule has 3 heterocycles. The average Bonchev–Trinajstić information content (AvgIpc) is 3.41. The number of hydrogen-bond donors (Lipinski definition) is 1. The van der Waals surface area contributed by atoms with Gasteiger partial charge in [0.1, 0.15) is 0 Å². The second kappa shape index (κ2) is 8.20. The van der Waals surface area contributed by atoms with Crippen LogP contribution in [0.2, 0.25) is 0 Å². The molecule has 156 valence electrons. The summed E-state index contributed by atoms with van der Waals surface area (Å²) < 4.78 is 0. The molecule has 3 amide bonds. The van der Waals surface area contributed by atoms with Crippen LogP contribution < -0.4 is 5.32 Å². The summed E-state index contributed by atoms with van der Waals surface area (Å²) in [6, 6.07) is 14.7. The molecule has 2 atom stereocenters. The van der Waals surface area contributed by atoms with Gasteiger partial charge >= 0.3 is 0 Å². The first-order chi connectivity index (χ1) is 14.1. The minimum atomic E-state index is -0.307.